The Balaban J connectivity index is 1.80. The molecule has 3 aromatic rings. The topological polar surface area (TPSA) is 46.6 Å². The molecule has 5 heteroatoms. The van der Waals surface area contributed by atoms with Gasteiger partial charge in [0, 0.05) is 30.8 Å². The number of ether oxygens (including phenoxy) is 1. The van der Waals surface area contributed by atoms with Crippen molar-refractivity contribution >= 4 is 11.7 Å². The summed E-state index contributed by atoms with van der Waals surface area (Å²) in [6.45, 7) is 0. The van der Waals surface area contributed by atoms with Gasteiger partial charge in [0.05, 0.1) is 0 Å². The van der Waals surface area contributed by atoms with E-state index < -0.39 is 11.9 Å². The van der Waals surface area contributed by atoms with Crippen molar-refractivity contribution in [3.63, 3.8) is 0 Å². The lowest BCUT2D eigenvalue weighted by atomic mass is 10.0. The number of halogens is 1. The largest absolute Gasteiger partial charge is 0.476 e. The number of rotatable bonds is 6. The smallest absolute Gasteiger partial charge is 0.267 e. The molecule has 3 rings (SSSR count). The van der Waals surface area contributed by atoms with Crippen LogP contribution in [0.2, 0.25) is 0 Å². The maximum atomic E-state index is 13.0. The third-order valence-corrected chi connectivity index (χ3v) is 4.24. The Bertz CT molecular complexity index is 951. The molecule has 142 valence electrons. The van der Waals surface area contributed by atoms with Crippen LogP contribution in [0.4, 0.5) is 4.39 Å². The van der Waals surface area contributed by atoms with Crippen molar-refractivity contribution in [1.29, 1.82) is 0 Å². The maximum absolute atomic E-state index is 13.0. The van der Waals surface area contributed by atoms with E-state index >= 15 is 0 Å². The number of hydrogen-bond acceptors (Lipinski definition) is 3. The molecule has 0 N–H and O–H groups in total. The van der Waals surface area contributed by atoms with Crippen LogP contribution in [0.15, 0.2) is 78.9 Å². The van der Waals surface area contributed by atoms with Gasteiger partial charge in [0.2, 0.25) is 6.10 Å². The van der Waals surface area contributed by atoms with Crippen LogP contribution in [0.5, 0.6) is 5.75 Å². The van der Waals surface area contributed by atoms with Gasteiger partial charge >= 0.3 is 0 Å². The first-order chi connectivity index (χ1) is 13.5. The molecule has 0 aliphatic carbocycles. The van der Waals surface area contributed by atoms with Gasteiger partial charge in [-0.05, 0) is 48.5 Å². The molecular weight excluding hydrogens is 357 g/mol. The van der Waals surface area contributed by atoms with Crippen molar-refractivity contribution in [2.75, 3.05) is 14.1 Å². The number of amides is 1. The SMILES string of the molecule is CN(C)C(=O)[C@@H](Oc1ccc(C(=O)c2ccc(F)cc2)cc1)c1ccccc1. The lowest BCUT2D eigenvalue weighted by Gasteiger charge is -2.22. The zero-order valence-electron chi connectivity index (χ0n) is 15.6. The van der Waals surface area contributed by atoms with Crippen molar-refractivity contribution in [3.8, 4) is 5.75 Å². The first kappa shape index (κ1) is 19.3. The molecule has 0 heterocycles. The first-order valence-electron chi connectivity index (χ1n) is 8.79. The predicted molar refractivity (Wildman–Crippen MR) is 105 cm³/mol. The van der Waals surface area contributed by atoms with E-state index in [0.29, 0.717) is 16.9 Å². The molecule has 0 aliphatic heterocycles. The lowest BCUT2D eigenvalue weighted by Crippen LogP contribution is -2.31. The summed E-state index contributed by atoms with van der Waals surface area (Å²) in [5, 5.41) is 0. The molecule has 0 spiro atoms. The van der Waals surface area contributed by atoms with E-state index in [4.69, 9.17) is 4.74 Å². The third-order valence-electron chi connectivity index (χ3n) is 4.24. The molecule has 1 atom stereocenters. The van der Waals surface area contributed by atoms with Crippen LogP contribution in [-0.4, -0.2) is 30.7 Å². The Hall–Kier alpha value is -3.47. The van der Waals surface area contributed by atoms with Crippen LogP contribution in [0.25, 0.3) is 0 Å². The second-order valence-electron chi connectivity index (χ2n) is 6.50. The van der Waals surface area contributed by atoms with Crippen LogP contribution in [0.1, 0.15) is 27.6 Å². The second-order valence-corrected chi connectivity index (χ2v) is 6.50. The fraction of sp³-hybridized carbons (Fsp3) is 0.130. The molecule has 28 heavy (non-hydrogen) atoms. The summed E-state index contributed by atoms with van der Waals surface area (Å²) in [6.07, 6.45) is -0.783. The number of nitrogens with zero attached hydrogens (tertiary/aromatic N) is 1. The highest BCUT2D eigenvalue weighted by Crippen LogP contribution is 2.24. The highest BCUT2D eigenvalue weighted by molar-refractivity contribution is 6.09. The lowest BCUT2D eigenvalue weighted by molar-refractivity contribution is -0.136. The van der Waals surface area contributed by atoms with Gasteiger partial charge in [0.1, 0.15) is 11.6 Å². The van der Waals surface area contributed by atoms with Gasteiger partial charge in [-0.1, -0.05) is 30.3 Å². The number of likely N-dealkylation sites (N-methyl/N-ethyl adjacent to an activating group) is 1. The fourth-order valence-corrected chi connectivity index (χ4v) is 2.71. The molecule has 0 radical (unpaired) electrons. The van der Waals surface area contributed by atoms with Crippen molar-refractivity contribution in [3.05, 3.63) is 101 Å². The quantitative estimate of drug-likeness (QED) is 0.603. The monoisotopic (exact) mass is 377 g/mol. The van der Waals surface area contributed by atoms with E-state index in [0.717, 1.165) is 5.56 Å². The highest BCUT2D eigenvalue weighted by atomic mass is 19.1. The van der Waals surface area contributed by atoms with Gasteiger partial charge in [-0.3, -0.25) is 9.59 Å². The van der Waals surface area contributed by atoms with Crippen LogP contribution < -0.4 is 4.74 Å². The molecule has 3 aromatic carbocycles. The summed E-state index contributed by atoms with van der Waals surface area (Å²) in [7, 11) is 3.35. The Kier molecular flexibility index (Phi) is 5.84. The minimum Gasteiger partial charge on any atom is -0.476 e. The minimum absolute atomic E-state index is 0.183. The maximum Gasteiger partial charge on any atom is 0.267 e. The number of benzene rings is 3. The standard InChI is InChI=1S/C23H20FNO3/c1-25(2)23(27)22(18-6-4-3-5-7-18)28-20-14-10-17(11-15-20)21(26)16-8-12-19(24)13-9-16/h3-15,22H,1-2H3/t22-/m0/s1. The van der Waals surface area contributed by atoms with Gasteiger partial charge in [-0.25, -0.2) is 4.39 Å². The molecule has 4 nitrogen and oxygen atoms in total. The number of ketones is 1. The van der Waals surface area contributed by atoms with E-state index in [2.05, 4.69) is 0 Å². The Labute approximate surface area is 163 Å². The summed E-state index contributed by atoms with van der Waals surface area (Å²) in [5.74, 6) is -0.314. The van der Waals surface area contributed by atoms with Gasteiger partial charge < -0.3 is 9.64 Å². The Morgan fingerprint density at radius 2 is 1.36 bits per heavy atom. The average molecular weight is 377 g/mol. The van der Waals surface area contributed by atoms with Gasteiger partial charge in [-0.15, -0.1) is 0 Å². The van der Waals surface area contributed by atoms with Crippen molar-refractivity contribution in [1.82, 2.24) is 4.90 Å². The van der Waals surface area contributed by atoms with E-state index in [1.807, 2.05) is 30.3 Å². The molecular formula is C23H20FNO3. The Morgan fingerprint density at radius 1 is 0.821 bits per heavy atom. The number of carbonyl (C=O) groups is 2. The predicted octanol–water partition coefficient (Wildman–Crippen LogP) is 4.27. The summed E-state index contributed by atoms with van der Waals surface area (Å²) < 4.78 is 19.0. The van der Waals surface area contributed by atoms with Crippen molar-refractivity contribution in [2.45, 2.75) is 6.10 Å². The van der Waals surface area contributed by atoms with Crippen molar-refractivity contribution in [2.24, 2.45) is 0 Å². The van der Waals surface area contributed by atoms with Gasteiger partial charge in [0.15, 0.2) is 5.78 Å². The Morgan fingerprint density at radius 3 is 1.89 bits per heavy atom. The summed E-state index contributed by atoms with van der Waals surface area (Å²) in [4.78, 5) is 26.5. The van der Waals surface area contributed by atoms with Crippen molar-refractivity contribution < 1.29 is 18.7 Å². The van der Waals surface area contributed by atoms with E-state index in [1.54, 1.807) is 38.4 Å². The first-order valence-corrected chi connectivity index (χ1v) is 8.79. The van der Waals surface area contributed by atoms with Gasteiger partial charge in [0.25, 0.3) is 5.91 Å². The van der Waals surface area contributed by atoms with Crippen LogP contribution in [0, 0.1) is 5.82 Å². The second kappa shape index (κ2) is 8.48. The zero-order chi connectivity index (χ0) is 20.1. The molecule has 0 saturated heterocycles. The van der Waals surface area contributed by atoms with Crippen LogP contribution >= 0.6 is 0 Å². The highest BCUT2D eigenvalue weighted by Gasteiger charge is 2.24. The van der Waals surface area contributed by atoms with E-state index in [9.17, 15) is 14.0 Å². The molecule has 0 saturated carbocycles. The molecule has 1 amide bonds. The minimum atomic E-state index is -0.783. The molecule has 0 aliphatic rings. The number of hydrogen-bond donors (Lipinski definition) is 0. The van der Waals surface area contributed by atoms with E-state index in [1.165, 1.54) is 29.2 Å². The summed E-state index contributed by atoms with van der Waals surface area (Å²) >= 11 is 0. The summed E-state index contributed by atoms with van der Waals surface area (Å²) in [6, 6.07) is 21.2. The normalized spacial score (nSPS) is 11.5. The molecule has 0 unspecified atom stereocenters. The van der Waals surface area contributed by atoms with Crippen LogP contribution in [0.3, 0.4) is 0 Å². The van der Waals surface area contributed by atoms with E-state index in [-0.39, 0.29) is 11.7 Å². The molecule has 0 aromatic heterocycles. The third kappa shape index (κ3) is 4.43. The van der Waals surface area contributed by atoms with Crippen LogP contribution in [-0.2, 0) is 4.79 Å². The summed E-state index contributed by atoms with van der Waals surface area (Å²) in [5.41, 5.74) is 1.60. The average Bonchev–Trinajstić information content (AvgIpc) is 2.72. The molecule has 0 fully saturated rings. The molecule has 0 bridgehead atoms. The zero-order valence-corrected chi connectivity index (χ0v) is 15.6. The number of carbonyl (C=O) groups excluding carboxylic acids is 2. The fourth-order valence-electron chi connectivity index (χ4n) is 2.71. The van der Waals surface area contributed by atoms with Gasteiger partial charge in [-0.2, -0.15) is 0 Å².